The molecule has 0 bridgehead atoms. The maximum atomic E-state index is 5.45. The van der Waals surface area contributed by atoms with Gasteiger partial charge in [0.2, 0.25) is 0 Å². The highest BCUT2D eigenvalue weighted by molar-refractivity contribution is 5.75. The predicted molar refractivity (Wildman–Crippen MR) is 124 cm³/mol. The van der Waals surface area contributed by atoms with Gasteiger partial charge in [-0.25, -0.2) is 9.97 Å². The summed E-state index contributed by atoms with van der Waals surface area (Å²) in [6.45, 7) is 3.43. The molecule has 0 saturated carbocycles. The van der Waals surface area contributed by atoms with Gasteiger partial charge in [-0.2, -0.15) is 0 Å². The van der Waals surface area contributed by atoms with E-state index in [4.69, 9.17) is 9.72 Å². The molecule has 0 radical (unpaired) electrons. The third-order valence-electron chi connectivity index (χ3n) is 5.95. The first-order chi connectivity index (χ1) is 15.3. The Morgan fingerprint density at radius 3 is 2.74 bits per heavy atom. The molecule has 1 N–H and O–H groups in total. The van der Waals surface area contributed by atoms with Crippen molar-refractivity contribution in [3.05, 3.63) is 78.3 Å². The van der Waals surface area contributed by atoms with E-state index in [9.17, 15) is 0 Å². The number of morpholine rings is 1. The van der Waals surface area contributed by atoms with Gasteiger partial charge in [0.25, 0.3) is 0 Å². The van der Waals surface area contributed by atoms with Crippen LogP contribution in [0.3, 0.4) is 0 Å². The fourth-order valence-electron chi connectivity index (χ4n) is 4.29. The molecule has 0 spiro atoms. The van der Waals surface area contributed by atoms with Crippen LogP contribution in [0.5, 0.6) is 0 Å². The van der Waals surface area contributed by atoms with Crippen LogP contribution in [0, 0.1) is 0 Å². The lowest BCUT2D eigenvalue weighted by Crippen LogP contribution is -2.36. The summed E-state index contributed by atoms with van der Waals surface area (Å²) in [7, 11) is 0. The Morgan fingerprint density at radius 2 is 1.87 bits per heavy atom. The second-order valence-electron chi connectivity index (χ2n) is 7.92. The molecular formula is C25H23N5O. The zero-order chi connectivity index (χ0) is 20.6. The lowest BCUT2D eigenvalue weighted by Gasteiger charge is -2.28. The summed E-state index contributed by atoms with van der Waals surface area (Å²) in [5, 5.41) is 3.48. The van der Waals surface area contributed by atoms with E-state index in [2.05, 4.69) is 69.8 Å². The minimum Gasteiger partial charge on any atom is -0.378 e. The number of anilines is 3. The molecule has 3 heterocycles. The summed E-state index contributed by atoms with van der Waals surface area (Å²) in [6.07, 6.45) is 11.2. The highest BCUT2D eigenvalue weighted by Gasteiger charge is 2.14. The fraction of sp³-hybridized carbons (Fsp3) is 0.200. The second kappa shape index (κ2) is 7.56. The van der Waals surface area contributed by atoms with E-state index in [1.165, 1.54) is 16.8 Å². The van der Waals surface area contributed by atoms with E-state index >= 15 is 0 Å². The van der Waals surface area contributed by atoms with Gasteiger partial charge in [-0.1, -0.05) is 24.3 Å². The van der Waals surface area contributed by atoms with Crippen LogP contribution in [0.4, 0.5) is 17.2 Å². The number of rotatable bonds is 4. The van der Waals surface area contributed by atoms with Crippen molar-refractivity contribution >= 4 is 28.9 Å². The summed E-state index contributed by atoms with van der Waals surface area (Å²) >= 11 is 0. The lowest BCUT2D eigenvalue weighted by molar-refractivity contribution is 0.122. The maximum Gasteiger partial charge on any atom is 0.180 e. The fourth-order valence-corrected chi connectivity index (χ4v) is 4.29. The third-order valence-corrected chi connectivity index (χ3v) is 5.95. The van der Waals surface area contributed by atoms with Crippen LogP contribution in [0.1, 0.15) is 11.1 Å². The maximum absolute atomic E-state index is 5.45. The Bertz CT molecular complexity index is 1270. The molecule has 1 saturated heterocycles. The predicted octanol–water partition coefficient (Wildman–Crippen LogP) is 4.55. The van der Waals surface area contributed by atoms with E-state index in [0.717, 1.165) is 61.1 Å². The topological polar surface area (TPSA) is 54.7 Å². The summed E-state index contributed by atoms with van der Waals surface area (Å²) in [5.74, 6) is 0.750. The number of hydrogen-bond donors (Lipinski definition) is 1. The minimum absolute atomic E-state index is 0.750. The Balaban J connectivity index is 1.32. The monoisotopic (exact) mass is 409 g/mol. The summed E-state index contributed by atoms with van der Waals surface area (Å²) in [4.78, 5) is 11.8. The average Bonchev–Trinajstić information content (AvgIpc) is 3.49. The standard InChI is InChI=1S/C25H23N5O/c1-2-18-4-5-20(16-19(18)3-1)23-17-30-11-10-26-25(30)24(28-23)27-21-6-8-22(9-7-21)29-12-14-31-15-13-29/h1-2,4-11,16-17H,3,12-15H2,(H,27,28). The van der Waals surface area contributed by atoms with Crippen LogP contribution >= 0.6 is 0 Å². The zero-order valence-electron chi connectivity index (χ0n) is 17.2. The molecule has 0 unspecified atom stereocenters. The molecule has 0 atom stereocenters. The number of imidazole rings is 1. The van der Waals surface area contributed by atoms with Crippen molar-refractivity contribution in [2.24, 2.45) is 0 Å². The summed E-state index contributed by atoms with van der Waals surface area (Å²) in [5.41, 5.74) is 7.70. The number of nitrogens with zero attached hydrogens (tertiary/aromatic N) is 4. The minimum atomic E-state index is 0.750. The van der Waals surface area contributed by atoms with Gasteiger partial charge in [-0.05, 0) is 47.9 Å². The quantitative estimate of drug-likeness (QED) is 0.536. The molecule has 2 aromatic carbocycles. The van der Waals surface area contributed by atoms with Crippen LogP contribution in [0.15, 0.2) is 67.1 Å². The molecule has 6 nitrogen and oxygen atoms in total. The number of nitrogens with one attached hydrogen (secondary N) is 1. The van der Waals surface area contributed by atoms with Crippen LogP contribution in [0.2, 0.25) is 0 Å². The average molecular weight is 409 g/mol. The Labute approximate surface area is 180 Å². The van der Waals surface area contributed by atoms with Crippen LogP contribution in [0.25, 0.3) is 23.0 Å². The molecule has 2 aromatic heterocycles. The third kappa shape index (κ3) is 3.45. The van der Waals surface area contributed by atoms with Gasteiger partial charge in [0.15, 0.2) is 11.5 Å². The first-order valence-corrected chi connectivity index (χ1v) is 10.7. The highest BCUT2D eigenvalue weighted by atomic mass is 16.5. The normalized spacial score (nSPS) is 15.4. The molecular weight excluding hydrogens is 386 g/mol. The second-order valence-corrected chi connectivity index (χ2v) is 7.92. The van der Waals surface area contributed by atoms with E-state index in [1.54, 1.807) is 6.20 Å². The Kier molecular flexibility index (Phi) is 4.43. The van der Waals surface area contributed by atoms with Gasteiger partial charge in [-0.3, -0.25) is 0 Å². The van der Waals surface area contributed by atoms with Gasteiger partial charge in [0, 0.05) is 48.6 Å². The number of fused-ring (bicyclic) bond motifs is 2. The number of ether oxygens (including phenoxy) is 1. The SMILES string of the molecule is C1=Cc2ccc(-c3cn4ccnc4c(Nc4ccc(N5CCOCC5)cc4)n3)cc2C1. The van der Waals surface area contributed by atoms with Crippen molar-refractivity contribution < 1.29 is 4.74 Å². The molecule has 31 heavy (non-hydrogen) atoms. The van der Waals surface area contributed by atoms with E-state index in [-0.39, 0.29) is 0 Å². The lowest BCUT2D eigenvalue weighted by atomic mass is 10.0. The number of allylic oxidation sites excluding steroid dienone is 1. The van der Waals surface area contributed by atoms with Gasteiger partial charge in [0.05, 0.1) is 18.9 Å². The molecule has 1 fully saturated rings. The number of aromatic nitrogens is 3. The highest BCUT2D eigenvalue weighted by Crippen LogP contribution is 2.29. The van der Waals surface area contributed by atoms with Gasteiger partial charge >= 0.3 is 0 Å². The number of hydrogen-bond acceptors (Lipinski definition) is 5. The van der Waals surface area contributed by atoms with Crippen molar-refractivity contribution in [1.29, 1.82) is 0 Å². The molecule has 4 aromatic rings. The molecule has 1 aliphatic heterocycles. The van der Waals surface area contributed by atoms with E-state index < -0.39 is 0 Å². The van der Waals surface area contributed by atoms with E-state index in [0.29, 0.717) is 0 Å². The van der Waals surface area contributed by atoms with Gasteiger partial charge in [0.1, 0.15) is 0 Å². The van der Waals surface area contributed by atoms with E-state index in [1.807, 2.05) is 16.8 Å². The molecule has 0 amide bonds. The van der Waals surface area contributed by atoms with Crippen molar-refractivity contribution in [1.82, 2.24) is 14.4 Å². The van der Waals surface area contributed by atoms with Crippen molar-refractivity contribution in [2.45, 2.75) is 6.42 Å². The van der Waals surface area contributed by atoms with Crippen molar-refractivity contribution in [3.63, 3.8) is 0 Å². The molecule has 2 aliphatic rings. The van der Waals surface area contributed by atoms with Crippen LogP contribution in [-0.4, -0.2) is 40.7 Å². The van der Waals surface area contributed by atoms with Crippen molar-refractivity contribution in [2.75, 3.05) is 36.5 Å². The van der Waals surface area contributed by atoms with Gasteiger partial charge in [-0.15, -0.1) is 0 Å². The molecule has 154 valence electrons. The molecule has 6 heteroatoms. The molecule has 6 rings (SSSR count). The van der Waals surface area contributed by atoms with Crippen molar-refractivity contribution in [3.8, 4) is 11.3 Å². The first kappa shape index (κ1) is 18.2. The smallest absolute Gasteiger partial charge is 0.180 e. The summed E-state index contributed by atoms with van der Waals surface area (Å²) in [6, 6.07) is 15.0. The van der Waals surface area contributed by atoms with Gasteiger partial charge < -0.3 is 19.4 Å². The Hall–Kier alpha value is -3.64. The molecule has 1 aliphatic carbocycles. The number of benzene rings is 2. The largest absolute Gasteiger partial charge is 0.378 e. The zero-order valence-corrected chi connectivity index (χ0v) is 17.2. The van der Waals surface area contributed by atoms with Crippen LogP contribution < -0.4 is 10.2 Å². The Morgan fingerprint density at radius 1 is 1.00 bits per heavy atom. The van der Waals surface area contributed by atoms with Crippen LogP contribution in [-0.2, 0) is 11.2 Å². The first-order valence-electron chi connectivity index (χ1n) is 10.7. The summed E-state index contributed by atoms with van der Waals surface area (Å²) < 4.78 is 7.48.